The van der Waals surface area contributed by atoms with E-state index in [1.807, 2.05) is 6.92 Å². The van der Waals surface area contributed by atoms with Crippen LogP contribution in [-0.2, 0) is 0 Å². The SMILES string of the molecule is CC1CN(C(=O)Nc2ccc(Cl)cc2C(=O)O)CCC1O. The molecule has 0 spiro atoms. The molecule has 6 nitrogen and oxygen atoms in total. The van der Waals surface area contributed by atoms with E-state index < -0.39 is 12.1 Å². The molecule has 0 aromatic heterocycles. The molecule has 1 aromatic rings. The highest BCUT2D eigenvalue weighted by atomic mass is 35.5. The van der Waals surface area contributed by atoms with Gasteiger partial charge in [0.25, 0.3) is 0 Å². The van der Waals surface area contributed by atoms with Crippen LogP contribution in [0.4, 0.5) is 10.5 Å². The number of likely N-dealkylation sites (tertiary alicyclic amines) is 1. The van der Waals surface area contributed by atoms with Crippen molar-refractivity contribution in [2.45, 2.75) is 19.4 Å². The first-order chi connectivity index (χ1) is 9.88. The average Bonchev–Trinajstić information content (AvgIpc) is 2.43. The lowest BCUT2D eigenvalue weighted by Gasteiger charge is -2.34. The van der Waals surface area contributed by atoms with Crippen molar-refractivity contribution < 1.29 is 19.8 Å². The first kappa shape index (κ1) is 15.6. The van der Waals surface area contributed by atoms with Crippen molar-refractivity contribution in [1.82, 2.24) is 4.90 Å². The molecule has 2 rings (SSSR count). The van der Waals surface area contributed by atoms with Gasteiger partial charge >= 0.3 is 12.0 Å². The quantitative estimate of drug-likeness (QED) is 0.781. The molecule has 1 fully saturated rings. The number of benzene rings is 1. The van der Waals surface area contributed by atoms with Crippen LogP contribution in [0.5, 0.6) is 0 Å². The predicted octanol–water partition coefficient (Wildman–Crippen LogP) is 2.27. The van der Waals surface area contributed by atoms with Gasteiger partial charge in [-0.05, 0) is 30.5 Å². The molecular weight excluding hydrogens is 296 g/mol. The zero-order chi connectivity index (χ0) is 15.6. The minimum absolute atomic E-state index is 0.00587. The highest BCUT2D eigenvalue weighted by Crippen LogP contribution is 2.22. The van der Waals surface area contributed by atoms with Gasteiger partial charge in [-0.2, -0.15) is 0 Å². The first-order valence-electron chi connectivity index (χ1n) is 6.65. The van der Waals surface area contributed by atoms with Crippen LogP contribution in [0.15, 0.2) is 18.2 Å². The summed E-state index contributed by atoms with van der Waals surface area (Å²) in [4.78, 5) is 24.9. The number of carbonyl (C=O) groups is 2. The van der Waals surface area contributed by atoms with E-state index in [0.717, 1.165) is 0 Å². The summed E-state index contributed by atoms with van der Waals surface area (Å²) in [5.74, 6) is -1.16. The number of amides is 2. The number of aliphatic hydroxyl groups is 1. The maximum Gasteiger partial charge on any atom is 0.337 e. The van der Waals surface area contributed by atoms with Gasteiger partial charge in [-0.15, -0.1) is 0 Å². The number of aliphatic hydroxyl groups excluding tert-OH is 1. The summed E-state index contributed by atoms with van der Waals surface area (Å²) in [6.07, 6.45) is 0.111. The van der Waals surface area contributed by atoms with Gasteiger partial charge in [0.15, 0.2) is 0 Å². The summed E-state index contributed by atoms with van der Waals surface area (Å²) in [6, 6.07) is 3.90. The molecule has 2 amide bonds. The second kappa shape index (κ2) is 6.32. The summed E-state index contributed by atoms with van der Waals surface area (Å²) in [6.45, 7) is 2.74. The van der Waals surface area contributed by atoms with Crippen molar-refractivity contribution in [3.05, 3.63) is 28.8 Å². The number of aromatic carboxylic acids is 1. The lowest BCUT2D eigenvalue weighted by molar-refractivity contribution is 0.0506. The Labute approximate surface area is 127 Å². The molecule has 0 aliphatic carbocycles. The summed E-state index contributed by atoms with van der Waals surface area (Å²) in [5.41, 5.74) is 0.150. The second-order valence-corrected chi connectivity index (χ2v) is 5.64. The van der Waals surface area contributed by atoms with Crippen LogP contribution in [-0.4, -0.2) is 46.3 Å². The van der Waals surface area contributed by atoms with Crippen LogP contribution in [0.1, 0.15) is 23.7 Å². The molecule has 1 aromatic carbocycles. The van der Waals surface area contributed by atoms with E-state index in [0.29, 0.717) is 24.5 Å². The maximum absolute atomic E-state index is 12.2. The summed E-state index contributed by atoms with van der Waals surface area (Å²) < 4.78 is 0. The molecule has 1 heterocycles. The average molecular weight is 313 g/mol. The van der Waals surface area contributed by atoms with E-state index in [1.54, 1.807) is 4.90 Å². The number of piperidine rings is 1. The molecule has 2 atom stereocenters. The van der Waals surface area contributed by atoms with Gasteiger partial charge in [-0.25, -0.2) is 9.59 Å². The Hall–Kier alpha value is -1.79. The van der Waals surface area contributed by atoms with E-state index in [-0.39, 0.29) is 23.2 Å². The Balaban J connectivity index is 2.11. The number of urea groups is 1. The van der Waals surface area contributed by atoms with Crippen LogP contribution in [0.25, 0.3) is 0 Å². The van der Waals surface area contributed by atoms with Crippen LogP contribution < -0.4 is 5.32 Å². The lowest BCUT2D eigenvalue weighted by atomic mass is 9.97. The molecule has 0 bridgehead atoms. The van der Waals surface area contributed by atoms with Crippen molar-refractivity contribution in [2.75, 3.05) is 18.4 Å². The first-order valence-corrected chi connectivity index (χ1v) is 7.03. The number of carboxylic acids is 1. The zero-order valence-corrected chi connectivity index (χ0v) is 12.3. The predicted molar refractivity (Wildman–Crippen MR) is 78.8 cm³/mol. The van der Waals surface area contributed by atoms with Gasteiger partial charge in [-0.1, -0.05) is 18.5 Å². The van der Waals surface area contributed by atoms with Crippen molar-refractivity contribution in [3.8, 4) is 0 Å². The number of hydrogen-bond acceptors (Lipinski definition) is 3. The van der Waals surface area contributed by atoms with Gasteiger partial charge in [0.1, 0.15) is 0 Å². The molecule has 1 aliphatic rings. The molecule has 0 radical (unpaired) electrons. The summed E-state index contributed by atoms with van der Waals surface area (Å²) in [7, 11) is 0. The fourth-order valence-corrected chi connectivity index (χ4v) is 2.49. The Morgan fingerprint density at radius 2 is 2.14 bits per heavy atom. The van der Waals surface area contributed by atoms with Gasteiger partial charge in [0.05, 0.1) is 17.4 Å². The van der Waals surface area contributed by atoms with E-state index in [9.17, 15) is 14.7 Å². The number of rotatable bonds is 2. The topological polar surface area (TPSA) is 89.9 Å². The number of carboxylic acid groups (broad SMARTS) is 1. The van der Waals surface area contributed by atoms with Crippen LogP contribution in [0.2, 0.25) is 5.02 Å². The summed E-state index contributed by atoms with van der Waals surface area (Å²) >= 11 is 5.77. The van der Waals surface area contributed by atoms with E-state index in [2.05, 4.69) is 5.32 Å². The molecule has 7 heteroatoms. The Morgan fingerprint density at radius 3 is 2.76 bits per heavy atom. The molecular formula is C14H17ClN2O4. The molecule has 21 heavy (non-hydrogen) atoms. The minimum Gasteiger partial charge on any atom is -0.478 e. The van der Waals surface area contributed by atoms with Crippen LogP contribution >= 0.6 is 11.6 Å². The zero-order valence-electron chi connectivity index (χ0n) is 11.5. The minimum atomic E-state index is -1.16. The molecule has 114 valence electrons. The number of nitrogens with zero attached hydrogens (tertiary/aromatic N) is 1. The van der Waals surface area contributed by atoms with Gasteiger partial charge in [0, 0.05) is 18.1 Å². The van der Waals surface area contributed by atoms with Crippen molar-refractivity contribution in [2.24, 2.45) is 5.92 Å². The standard InChI is InChI=1S/C14H17ClN2O4/c1-8-7-17(5-4-12(8)18)14(21)16-11-3-2-9(15)6-10(11)13(19)20/h2-3,6,8,12,18H,4-5,7H2,1H3,(H,16,21)(H,19,20). The van der Waals surface area contributed by atoms with E-state index in [1.165, 1.54) is 18.2 Å². The monoisotopic (exact) mass is 312 g/mol. The normalized spacial score (nSPS) is 22.0. The smallest absolute Gasteiger partial charge is 0.337 e. The number of hydrogen-bond donors (Lipinski definition) is 3. The fourth-order valence-electron chi connectivity index (χ4n) is 2.31. The second-order valence-electron chi connectivity index (χ2n) is 5.20. The third-order valence-corrected chi connectivity index (χ3v) is 3.84. The van der Waals surface area contributed by atoms with E-state index >= 15 is 0 Å². The third-order valence-electron chi connectivity index (χ3n) is 3.60. The Kier molecular flexibility index (Phi) is 4.69. The van der Waals surface area contributed by atoms with Gasteiger partial charge < -0.3 is 20.4 Å². The van der Waals surface area contributed by atoms with Crippen LogP contribution in [0, 0.1) is 5.92 Å². The molecule has 2 unspecified atom stereocenters. The summed E-state index contributed by atoms with van der Waals surface area (Å²) in [5, 5.41) is 21.7. The van der Waals surface area contributed by atoms with Crippen LogP contribution in [0.3, 0.4) is 0 Å². The van der Waals surface area contributed by atoms with Crippen molar-refractivity contribution in [1.29, 1.82) is 0 Å². The van der Waals surface area contributed by atoms with Crippen molar-refractivity contribution in [3.63, 3.8) is 0 Å². The van der Waals surface area contributed by atoms with Gasteiger partial charge in [-0.3, -0.25) is 0 Å². The Morgan fingerprint density at radius 1 is 1.43 bits per heavy atom. The highest BCUT2D eigenvalue weighted by Gasteiger charge is 2.27. The third kappa shape index (κ3) is 3.65. The molecule has 3 N–H and O–H groups in total. The largest absolute Gasteiger partial charge is 0.478 e. The fraction of sp³-hybridized carbons (Fsp3) is 0.429. The lowest BCUT2D eigenvalue weighted by Crippen LogP contribution is -2.46. The number of anilines is 1. The molecule has 0 saturated carbocycles. The van der Waals surface area contributed by atoms with E-state index in [4.69, 9.17) is 16.7 Å². The highest BCUT2D eigenvalue weighted by molar-refractivity contribution is 6.31. The number of carbonyl (C=O) groups excluding carboxylic acids is 1. The van der Waals surface area contributed by atoms with Crippen molar-refractivity contribution >= 4 is 29.3 Å². The number of nitrogens with one attached hydrogen (secondary N) is 1. The molecule has 1 aliphatic heterocycles. The maximum atomic E-state index is 12.2. The molecule has 1 saturated heterocycles. The Bertz CT molecular complexity index is 564. The number of halogens is 1. The van der Waals surface area contributed by atoms with Gasteiger partial charge in [0.2, 0.25) is 0 Å².